The normalized spacial score (nSPS) is 12.1. The van der Waals surface area contributed by atoms with Crippen molar-refractivity contribution in [3.8, 4) is 5.75 Å². The standard InChI is InChI=1S/C23H22Cl2N2O5S/c1-2-32-21-13-16(26-23(29)18(14-28)15-6-4-3-5-7-15)9-11-22(21)33(30,31)27-17-8-10-19(24)20(25)12-17/h3-13,18,27-28H,2,14H2,1H3,(H,26,29)/t18-/m0/s1. The number of halogens is 2. The van der Waals surface area contributed by atoms with Gasteiger partial charge in [-0.1, -0.05) is 53.5 Å². The monoisotopic (exact) mass is 508 g/mol. The van der Waals surface area contributed by atoms with Crippen molar-refractivity contribution < 1.29 is 23.1 Å². The summed E-state index contributed by atoms with van der Waals surface area (Å²) in [7, 11) is -4.03. The van der Waals surface area contributed by atoms with E-state index in [1.165, 1.54) is 36.4 Å². The molecule has 7 nitrogen and oxygen atoms in total. The molecule has 0 aliphatic heterocycles. The maximum atomic E-state index is 13.0. The number of carbonyl (C=O) groups excluding carboxylic acids is 1. The second-order valence-corrected chi connectivity index (χ2v) is 9.43. The summed E-state index contributed by atoms with van der Waals surface area (Å²) in [6.45, 7) is 1.54. The summed E-state index contributed by atoms with van der Waals surface area (Å²) in [5.41, 5.74) is 1.22. The maximum absolute atomic E-state index is 13.0. The molecule has 0 saturated carbocycles. The van der Waals surface area contributed by atoms with Crippen LogP contribution in [0.15, 0.2) is 71.6 Å². The number of amides is 1. The summed E-state index contributed by atoms with van der Waals surface area (Å²) in [4.78, 5) is 12.6. The van der Waals surface area contributed by atoms with Crippen molar-refractivity contribution in [2.75, 3.05) is 23.3 Å². The Kier molecular flexibility index (Phi) is 8.20. The van der Waals surface area contributed by atoms with Gasteiger partial charge in [0.2, 0.25) is 5.91 Å². The van der Waals surface area contributed by atoms with Crippen molar-refractivity contribution in [1.29, 1.82) is 0 Å². The van der Waals surface area contributed by atoms with Gasteiger partial charge in [0.15, 0.2) is 0 Å². The Morgan fingerprint density at radius 1 is 1.00 bits per heavy atom. The Bertz CT molecular complexity index is 1240. The lowest BCUT2D eigenvalue weighted by Crippen LogP contribution is -2.24. The number of benzene rings is 3. The van der Waals surface area contributed by atoms with E-state index in [1.54, 1.807) is 31.2 Å². The number of carbonyl (C=O) groups is 1. The van der Waals surface area contributed by atoms with Crippen LogP contribution in [-0.4, -0.2) is 32.6 Å². The molecule has 0 fully saturated rings. The highest BCUT2D eigenvalue weighted by molar-refractivity contribution is 7.92. The SMILES string of the molecule is CCOc1cc(NC(=O)[C@@H](CO)c2ccccc2)ccc1S(=O)(=O)Nc1ccc(Cl)c(Cl)c1. The van der Waals surface area contributed by atoms with Crippen LogP contribution in [0.25, 0.3) is 0 Å². The van der Waals surface area contributed by atoms with E-state index in [0.29, 0.717) is 16.3 Å². The zero-order valence-electron chi connectivity index (χ0n) is 17.6. The number of aliphatic hydroxyl groups excluding tert-OH is 1. The van der Waals surface area contributed by atoms with Gasteiger partial charge in [-0.15, -0.1) is 0 Å². The van der Waals surface area contributed by atoms with Gasteiger partial charge in [-0.05, 0) is 42.8 Å². The fourth-order valence-electron chi connectivity index (χ4n) is 3.10. The number of ether oxygens (including phenoxy) is 1. The number of sulfonamides is 1. The predicted octanol–water partition coefficient (Wildman–Crippen LogP) is 4.91. The Hall–Kier alpha value is -2.78. The number of aliphatic hydroxyl groups is 1. The maximum Gasteiger partial charge on any atom is 0.265 e. The van der Waals surface area contributed by atoms with Crippen LogP contribution in [0.2, 0.25) is 10.0 Å². The molecular formula is C23H22Cl2N2O5S. The quantitative estimate of drug-likeness (QED) is 0.380. The van der Waals surface area contributed by atoms with E-state index in [-0.39, 0.29) is 34.6 Å². The molecule has 1 amide bonds. The van der Waals surface area contributed by atoms with Crippen LogP contribution in [0.4, 0.5) is 11.4 Å². The van der Waals surface area contributed by atoms with Crippen molar-refractivity contribution in [3.63, 3.8) is 0 Å². The number of hydrogen-bond donors (Lipinski definition) is 3. The molecule has 0 aromatic heterocycles. The fraction of sp³-hybridized carbons (Fsp3) is 0.174. The first-order valence-electron chi connectivity index (χ1n) is 9.96. The van der Waals surface area contributed by atoms with Gasteiger partial charge in [0.1, 0.15) is 10.6 Å². The second-order valence-electron chi connectivity index (χ2n) is 6.96. The largest absolute Gasteiger partial charge is 0.492 e. The van der Waals surface area contributed by atoms with Gasteiger partial charge in [-0.2, -0.15) is 0 Å². The lowest BCUT2D eigenvalue weighted by molar-refractivity contribution is -0.118. The molecule has 3 N–H and O–H groups in total. The minimum Gasteiger partial charge on any atom is -0.492 e. The first kappa shape index (κ1) is 24.9. The van der Waals surface area contributed by atoms with Crippen molar-refractivity contribution in [1.82, 2.24) is 0 Å². The third-order valence-corrected chi connectivity index (χ3v) is 6.83. The second kappa shape index (κ2) is 10.9. The molecule has 3 aromatic rings. The Morgan fingerprint density at radius 3 is 2.33 bits per heavy atom. The third-order valence-electron chi connectivity index (χ3n) is 4.67. The van der Waals surface area contributed by atoms with E-state index in [4.69, 9.17) is 27.9 Å². The van der Waals surface area contributed by atoms with Gasteiger partial charge >= 0.3 is 0 Å². The Labute approximate surface area is 202 Å². The molecular weight excluding hydrogens is 487 g/mol. The molecule has 10 heteroatoms. The van der Waals surface area contributed by atoms with E-state index in [1.807, 2.05) is 6.07 Å². The average molecular weight is 509 g/mol. The van der Waals surface area contributed by atoms with E-state index in [9.17, 15) is 18.3 Å². The van der Waals surface area contributed by atoms with Crippen LogP contribution in [0.3, 0.4) is 0 Å². The van der Waals surface area contributed by atoms with Crippen molar-refractivity contribution in [3.05, 3.63) is 82.3 Å². The van der Waals surface area contributed by atoms with Crippen molar-refractivity contribution in [2.45, 2.75) is 17.7 Å². The van der Waals surface area contributed by atoms with Gasteiger partial charge in [-0.25, -0.2) is 8.42 Å². The van der Waals surface area contributed by atoms with Crippen LogP contribution in [-0.2, 0) is 14.8 Å². The summed E-state index contributed by atoms with van der Waals surface area (Å²) in [5.74, 6) is -1.15. The summed E-state index contributed by atoms with van der Waals surface area (Å²) in [6.07, 6.45) is 0. The minimum absolute atomic E-state index is 0.0584. The molecule has 0 unspecified atom stereocenters. The van der Waals surface area contributed by atoms with Crippen LogP contribution in [0, 0.1) is 0 Å². The topological polar surface area (TPSA) is 105 Å². The van der Waals surface area contributed by atoms with Crippen LogP contribution in [0.1, 0.15) is 18.4 Å². The van der Waals surface area contributed by atoms with Crippen molar-refractivity contribution in [2.24, 2.45) is 0 Å². The van der Waals surface area contributed by atoms with Crippen LogP contribution in [0.5, 0.6) is 5.75 Å². The van der Waals surface area contributed by atoms with Gasteiger partial charge in [0.05, 0.1) is 34.9 Å². The fourth-order valence-corrected chi connectivity index (χ4v) is 4.58. The summed E-state index contributed by atoms with van der Waals surface area (Å²) in [6, 6.07) is 17.4. The highest BCUT2D eigenvalue weighted by atomic mass is 35.5. The summed E-state index contributed by atoms with van der Waals surface area (Å²) in [5, 5.41) is 12.9. The molecule has 174 valence electrons. The van der Waals surface area contributed by atoms with E-state index in [2.05, 4.69) is 10.0 Å². The highest BCUT2D eigenvalue weighted by Crippen LogP contribution is 2.31. The molecule has 3 aromatic carbocycles. The first-order chi connectivity index (χ1) is 15.7. The Morgan fingerprint density at radius 2 is 1.70 bits per heavy atom. The number of nitrogens with one attached hydrogen (secondary N) is 2. The van der Waals surface area contributed by atoms with E-state index >= 15 is 0 Å². The van der Waals surface area contributed by atoms with Crippen LogP contribution >= 0.6 is 23.2 Å². The summed E-state index contributed by atoms with van der Waals surface area (Å²) < 4.78 is 33.9. The molecule has 0 spiro atoms. The molecule has 0 saturated heterocycles. The smallest absolute Gasteiger partial charge is 0.265 e. The molecule has 0 bridgehead atoms. The van der Waals surface area contributed by atoms with E-state index in [0.717, 1.165) is 0 Å². The number of hydrogen-bond acceptors (Lipinski definition) is 5. The predicted molar refractivity (Wildman–Crippen MR) is 130 cm³/mol. The zero-order chi connectivity index (χ0) is 24.0. The van der Waals surface area contributed by atoms with E-state index < -0.39 is 21.8 Å². The molecule has 1 atom stereocenters. The minimum atomic E-state index is -4.03. The van der Waals surface area contributed by atoms with Crippen molar-refractivity contribution >= 4 is 50.5 Å². The Balaban J connectivity index is 1.86. The molecule has 3 rings (SSSR count). The zero-order valence-corrected chi connectivity index (χ0v) is 19.9. The molecule has 0 aliphatic rings. The van der Waals surface area contributed by atoms with Gasteiger partial charge in [0.25, 0.3) is 10.0 Å². The van der Waals surface area contributed by atoms with Gasteiger partial charge in [0, 0.05) is 11.8 Å². The number of anilines is 2. The first-order valence-corrected chi connectivity index (χ1v) is 12.2. The molecule has 0 heterocycles. The molecule has 33 heavy (non-hydrogen) atoms. The third kappa shape index (κ3) is 6.17. The lowest BCUT2D eigenvalue weighted by atomic mass is 9.99. The molecule has 0 radical (unpaired) electrons. The molecule has 0 aliphatic carbocycles. The summed E-state index contributed by atoms with van der Waals surface area (Å²) >= 11 is 11.9. The lowest BCUT2D eigenvalue weighted by Gasteiger charge is -2.17. The van der Waals surface area contributed by atoms with Crippen LogP contribution < -0.4 is 14.8 Å². The highest BCUT2D eigenvalue weighted by Gasteiger charge is 2.23. The average Bonchev–Trinajstić information content (AvgIpc) is 2.77. The van der Waals surface area contributed by atoms with Gasteiger partial charge < -0.3 is 15.2 Å². The van der Waals surface area contributed by atoms with Gasteiger partial charge in [-0.3, -0.25) is 9.52 Å². The number of rotatable bonds is 9.